The second-order valence-electron chi connectivity index (χ2n) is 6.92. The van der Waals surface area contributed by atoms with E-state index in [1.165, 1.54) is 25.0 Å². The van der Waals surface area contributed by atoms with Gasteiger partial charge in [0.15, 0.2) is 0 Å². The quantitative estimate of drug-likeness (QED) is 0.878. The molecule has 1 aromatic rings. The zero-order valence-electron chi connectivity index (χ0n) is 13.2. The Morgan fingerprint density at radius 3 is 2.50 bits per heavy atom. The molecule has 1 aliphatic carbocycles. The van der Waals surface area contributed by atoms with Gasteiger partial charge in [-0.15, -0.1) is 0 Å². The van der Waals surface area contributed by atoms with Crippen LogP contribution in [-0.4, -0.2) is 25.5 Å². The molecule has 1 saturated heterocycles. The molecule has 3 rings (SSSR count). The summed E-state index contributed by atoms with van der Waals surface area (Å²) in [5.41, 5.74) is 1.14. The summed E-state index contributed by atoms with van der Waals surface area (Å²) in [6.07, 6.45) is 4.49. The lowest BCUT2D eigenvalue weighted by Crippen LogP contribution is -2.51. The van der Waals surface area contributed by atoms with E-state index in [9.17, 15) is 9.18 Å². The van der Waals surface area contributed by atoms with Crippen LogP contribution in [0.15, 0.2) is 24.3 Å². The van der Waals surface area contributed by atoms with Gasteiger partial charge in [-0.3, -0.25) is 4.79 Å². The van der Waals surface area contributed by atoms with Gasteiger partial charge in [-0.1, -0.05) is 31.9 Å². The van der Waals surface area contributed by atoms with Gasteiger partial charge in [0.1, 0.15) is 5.82 Å². The molecule has 1 saturated carbocycles. The highest BCUT2D eigenvalue weighted by molar-refractivity contribution is 5.78. The second kappa shape index (κ2) is 6.37. The van der Waals surface area contributed by atoms with Crippen molar-refractivity contribution in [2.45, 2.75) is 38.0 Å². The molecule has 3 nitrogen and oxygen atoms in total. The molecule has 2 fully saturated rings. The zero-order chi connectivity index (χ0) is 15.6. The normalized spacial score (nSPS) is 22.1. The molecule has 120 valence electrons. The highest BCUT2D eigenvalue weighted by Gasteiger charge is 2.37. The van der Waals surface area contributed by atoms with E-state index < -0.39 is 0 Å². The first-order chi connectivity index (χ1) is 10.6. The molecule has 0 radical (unpaired) electrons. The Hall–Kier alpha value is -1.42. The van der Waals surface area contributed by atoms with E-state index in [1.807, 2.05) is 19.1 Å². The lowest BCUT2D eigenvalue weighted by molar-refractivity contribution is -0.127. The highest BCUT2D eigenvalue weighted by atomic mass is 19.1. The van der Waals surface area contributed by atoms with Gasteiger partial charge in [0, 0.05) is 17.9 Å². The van der Waals surface area contributed by atoms with E-state index in [0.717, 1.165) is 31.5 Å². The van der Waals surface area contributed by atoms with Crippen LogP contribution in [0.5, 0.6) is 0 Å². The summed E-state index contributed by atoms with van der Waals surface area (Å²) in [6.45, 7) is 4.57. The van der Waals surface area contributed by atoms with Crippen molar-refractivity contribution in [3.8, 4) is 0 Å². The van der Waals surface area contributed by atoms with E-state index in [-0.39, 0.29) is 23.1 Å². The van der Waals surface area contributed by atoms with Crippen LogP contribution in [0.1, 0.15) is 38.2 Å². The van der Waals surface area contributed by atoms with Crippen LogP contribution in [0.2, 0.25) is 0 Å². The maximum Gasteiger partial charge on any atom is 0.223 e. The third kappa shape index (κ3) is 3.02. The first-order valence-electron chi connectivity index (χ1n) is 8.35. The summed E-state index contributed by atoms with van der Waals surface area (Å²) in [5, 5.41) is 6.38. The average molecular weight is 304 g/mol. The minimum absolute atomic E-state index is 0.0130. The van der Waals surface area contributed by atoms with Gasteiger partial charge < -0.3 is 10.6 Å². The minimum Gasteiger partial charge on any atom is -0.355 e. The first-order valence-corrected chi connectivity index (χ1v) is 8.35. The van der Waals surface area contributed by atoms with Crippen molar-refractivity contribution in [2.75, 3.05) is 19.6 Å². The Morgan fingerprint density at radius 1 is 1.32 bits per heavy atom. The summed E-state index contributed by atoms with van der Waals surface area (Å²) < 4.78 is 13.2. The monoisotopic (exact) mass is 304 g/mol. The molecule has 2 aliphatic rings. The molecule has 1 unspecified atom stereocenters. The fourth-order valence-electron chi connectivity index (χ4n) is 3.72. The Kier molecular flexibility index (Phi) is 4.48. The average Bonchev–Trinajstić information content (AvgIpc) is 2.93. The van der Waals surface area contributed by atoms with Crippen LogP contribution in [0.3, 0.4) is 0 Å². The van der Waals surface area contributed by atoms with E-state index in [4.69, 9.17) is 0 Å². The number of carbonyl (C=O) groups is 1. The number of hydrogen-bond acceptors (Lipinski definition) is 2. The van der Waals surface area contributed by atoms with Gasteiger partial charge in [-0.2, -0.15) is 0 Å². The lowest BCUT2D eigenvalue weighted by Gasteiger charge is -2.34. The number of benzene rings is 1. The molecule has 22 heavy (non-hydrogen) atoms. The van der Waals surface area contributed by atoms with E-state index in [0.29, 0.717) is 12.5 Å². The highest BCUT2D eigenvalue weighted by Crippen LogP contribution is 2.40. The Labute approximate surface area is 131 Å². The SMILES string of the molecule is CC(C(=O)NCC1(c2ccc(F)cc2)CCCC1)C1CNC1. The van der Waals surface area contributed by atoms with Crippen molar-refractivity contribution in [3.63, 3.8) is 0 Å². The molecule has 1 aliphatic heterocycles. The summed E-state index contributed by atoms with van der Waals surface area (Å²) in [7, 11) is 0. The molecule has 1 amide bonds. The first kappa shape index (κ1) is 15.5. The van der Waals surface area contributed by atoms with Crippen LogP contribution >= 0.6 is 0 Å². The molecule has 4 heteroatoms. The fourth-order valence-corrected chi connectivity index (χ4v) is 3.72. The van der Waals surface area contributed by atoms with Gasteiger partial charge >= 0.3 is 0 Å². The van der Waals surface area contributed by atoms with Crippen LogP contribution in [0.4, 0.5) is 4.39 Å². The molecular formula is C18H25FN2O. The Morgan fingerprint density at radius 2 is 1.95 bits per heavy atom. The molecule has 1 atom stereocenters. The summed E-state index contributed by atoms with van der Waals surface area (Å²) in [6, 6.07) is 6.82. The predicted octanol–water partition coefficient (Wildman–Crippen LogP) is 2.61. The Bertz CT molecular complexity index is 518. The lowest BCUT2D eigenvalue weighted by atomic mass is 9.78. The standard InChI is InChI=1S/C18H25FN2O/c1-13(14-10-20-11-14)17(22)21-12-18(8-2-3-9-18)15-4-6-16(19)7-5-15/h4-7,13-14,20H,2-3,8-12H2,1H3,(H,21,22). The van der Waals surface area contributed by atoms with Gasteiger partial charge in [0.25, 0.3) is 0 Å². The van der Waals surface area contributed by atoms with Crippen molar-refractivity contribution >= 4 is 5.91 Å². The minimum atomic E-state index is -0.202. The van der Waals surface area contributed by atoms with Crippen molar-refractivity contribution in [3.05, 3.63) is 35.6 Å². The maximum atomic E-state index is 13.2. The van der Waals surface area contributed by atoms with E-state index in [2.05, 4.69) is 10.6 Å². The van der Waals surface area contributed by atoms with E-state index in [1.54, 1.807) is 0 Å². The fraction of sp³-hybridized carbons (Fsp3) is 0.611. The predicted molar refractivity (Wildman–Crippen MR) is 85.1 cm³/mol. The van der Waals surface area contributed by atoms with Crippen LogP contribution in [0.25, 0.3) is 0 Å². The van der Waals surface area contributed by atoms with Gasteiger partial charge in [0.2, 0.25) is 5.91 Å². The number of carbonyl (C=O) groups excluding carboxylic acids is 1. The third-order valence-corrected chi connectivity index (χ3v) is 5.55. The molecule has 0 aromatic heterocycles. The number of nitrogens with one attached hydrogen (secondary N) is 2. The van der Waals surface area contributed by atoms with Crippen LogP contribution in [-0.2, 0) is 10.2 Å². The van der Waals surface area contributed by atoms with Crippen molar-refractivity contribution < 1.29 is 9.18 Å². The summed E-state index contributed by atoms with van der Waals surface area (Å²) in [5.74, 6) is 0.477. The number of halogens is 1. The smallest absolute Gasteiger partial charge is 0.223 e. The zero-order valence-corrected chi connectivity index (χ0v) is 13.2. The summed E-state index contributed by atoms with van der Waals surface area (Å²) >= 11 is 0. The molecular weight excluding hydrogens is 279 g/mol. The van der Waals surface area contributed by atoms with Crippen molar-refractivity contribution in [1.82, 2.24) is 10.6 Å². The van der Waals surface area contributed by atoms with Crippen LogP contribution in [0, 0.1) is 17.7 Å². The van der Waals surface area contributed by atoms with Gasteiger partial charge in [0.05, 0.1) is 0 Å². The molecule has 2 N–H and O–H groups in total. The topological polar surface area (TPSA) is 41.1 Å². The maximum absolute atomic E-state index is 13.2. The van der Waals surface area contributed by atoms with Crippen molar-refractivity contribution in [1.29, 1.82) is 0 Å². The van der Waals surface area contributed by atoms with Crippen LogP contribution < -0.4 is 10.6 Å². The number of amides is 1. The molecule has 0 bridgehead atoms. The number of hydrogen-bond donors (Lipinski definition) is 2. The van der Waals surface area contributed by atoms with Crippen molar-refractivity contribution in [2.24, 2.45) is 11.8 Å². The summed E-state index contributed by atoms with van der Waals surface area (Å²) in [4.78, 5) is 12.4. The molecule has 1 heterocycles. The van der Waals surface area contributed by atoms with Gasteiger partial charge in [-0.05, 0) is 49.5 Å². The Balaban J connectivity index is 1.66. The largest absolute Gasteiger partial charge is 0.355 e. The second-order valence-corrected chi connectivity index (χ2v) is 6.92. The number of rotatable bonds is 5. The van der Waals surface area contributed by atoms with E-state index >= 15 is 0 Å². The third-order valence-electron chi connectivity index (χ3n) is 5.55. The molecule has 1 aromatic carbocycles. The molecule has 0 spiro atoms. The van der Waals surface area contributed by atoms with Gasteiger partial charge in [-0.25, -0.2) is 4.39 Å².